The van der Waals surface area contributed by atoms with E-state index in [1.807, 2.05) is 11.8 Å². The fourth-order valence-corrected chi connectivity index (χ4v) is 6.84. The van der Waals surface area contributed by atoms with Crippen molar-refractivity contribution in [2.75, 3.05) is 7.11 Å². The molecule has 5 aromatic rings. The number of hydrogen-bond donors (Lipinski definition) is 1. The van der Waals surface area contributed by atoms with Crippen LogP contribution in [0.5, 0.6) is 5.75 Å². The van der Waals surface area contributed by atoms with Gasteiger partial charge in [-0.1, -0.05) is 103 Å². The van der Waals surface area contributed by atoms with Gasteiger partial charge in [0.2, 0.25) is 0 Å². The molecule has 3 heteroatoms. The van der Waals surface area contributed by atoms with Crippen molar-refractivity contribution in [3.8, 4) is 5.75 Å². The topological polar surface area (TPSA) is 25.0 Å². The van der Waals surface area contributed by atoms with Crippen molar-refractivity contribution in [2.24, 2.45) is 0 Å². The molecule has 36 heavy (non-hydrogen) atoms. The van der Waals surface area contributed by atoms with Crippen molar-refractivity contribution in [3.05, 3.63) is 161 Å². The molecular weight excluding hydrogens is 458 g/mol. The molecule has 0 bridgehead atoms. The van der Waals surface area contributed by atoms with Gasteiger partial charge >= 0.3 is 0 Å². The van der Waals surface area contributed by atoms with Crippen molar-refractivity contribution in [1.29, 1.82) is 0 Å². The molecule has 1 aromatic heterocycles. The molecule has 0 saturated heterocycles. The number of aryl methyl sites for hydroxylation is 2. The van der Waals surface area contributed by atoms with Gasteiger partial charge in [-0.15, -0.1) is 11.8 Å². The van der Waals surface area contributed by atoms with Gasteiger partial charge in [0.1, 0.15) is 5.75 Å². The maximum absolute atomic E-state index is 5.48. The number of thioether (sulfide) groups is 1. The Kier molecular flexibility index (Phi) is 7.02. The first-order valence-corrected chi connectivity index (χ1v) is 13.1. The summed E-state index contributed by atoms with van der Waals surface area (Å²) in [5.41, 5.74) is 8.70. The minimum Gasteiger partial charge on any atom is -0.497 e. The van der Waals surface area contributed by atoms with Crippen LogP contribution in [0, 0.1) is 13.8 Å². The number of methoxy groups -OCH3 is 1. The first kappa shape index (κ1) is 24.0. The Labute approximate surface area is 218 Å². The average Bonchev–Trinajstić information content (AvgIpc) is 3.28. The third kappa shape index (κ3) is 4.59. The minimum absolute atomic E-state index is 0.0847. The van der Waals surface area contributed by atoms with Crippen molar-refractivity contribution in [3.63, 3.8) is 0 Å². The van der Waals surface area contributed by atoms with E-state index in [0.717, 1.165) is 5.75 Å². The van der Waals surface area contributed by atoms with Crippen LogP contribution in [0.2, 0.25) is 0 Å². The number of benzene rings is 4. The van der Waals surface area contributed by atoms with Crippen LogP contribution in [0.25, 0.3) is 0 Å². The fourth-order valence-electron chi connectivity index (χ4n) is 5.01. The summed E-state index contributed by atoms with van der Waals surface area (Å²) in [6, 6.07) is 43.5. The van der Waals surface area contributed by atoms with E-state index < -0.39 is 4.75 Å². The predicted octanol–water partition coefficient (Wildman–Crippen LogP) is 8.45. The highest BCUT2D eigenvalue weighted by atomic mass is 32.2. The van der Waals surface area contributed by atoms with Gasteiger partial charge in [-0.3, -0.25) is 0 Å². The quantitative estimate of drug-likeness (QED) is 0.221. The van der Waals surface area contributed by atoms with Crippen LogP contribution in [0.15, 0.2) is 121 Å². The lowest BCUT2D eigenvalue weighted by atomic mass is 9.84. The van der Waals surface area contributed by atoms with E-state index >= 15 is 0 Å². The first-order valence-electron chi connectivity index (χ1n) is 12.3. The number of aromatic amines is 1. The lowest BCUT2D eigenvalue weighted by Crippen LogP contribution is -2.27. The summed E-state index contributed by atoms with van der Waals surface area (Å²) in [7, 11) is 1.71. The minimum atomic E-state index is -0.425. The second kappa shape index (κ2) is 10.5. The monoisotopic (exact) mass is 489 g/mol. The van der Waals surface area contributed by atoms with Crippen molar-refractivity contribution in [1.82, 2.24) is 4.98 Å². The van der Waals surface area contributed by atoms with E-state index in [-0.39, 0.29) is 5.25 Å². The van der Waals surface area contributed by atoms with Crippen molar-refractivity contribution >= 4 is 11.8 Å². The van der Waals surface area contributed by atoms with Crippen LogP contribution in [0.1, 0.15) is 44.5 Å². The Bertz CT molecular complexity index is 1300. The maximum atomic E-state index is 5.48. The molecule has 1 heterocycles. The number of nitrogens with one attached hydrogen (secondary N) is 1. The number of ether oxygens (including phenoxy) is 1. The summed E-state index contributed by atoms with van der Waals surface area (Å²) in [4.78, 5) is 3.55. The lowest BCUT2D eigenvalue weighted by molar-refractivity contribution is 0.414. The zero-order valence-corrected chi connectivity index (χ0v) is 21.8. The highest BCUT2D eigenvalue weighted by molar-refractivity contribution is 8.01. The van der Waals surface area contributed by atoms with Gasteiger partial charge in [0.25, 0.3) is 0 Å². The number of rotatable bonds is 8. The van der Waals surface area contributed by atoms with E-state index in [1.165, 1.54) is 39.2 Å². The molecule has 0 amide bonds. The second-order valence-electron chi connectivity index (χ2n) is 9.08. The van der Waals surface area contributed by atoms with Crippen LogP contribution >= 0.6 is 11.8 Å². The van der Waals surface area contributed by atoms with E-state index in [0.29, 0.717) is 0 Å². The van der Waals surface area contributed by atoms with Crippen molar-refractivity contribution < 1.29 is 4.74 Å². The Morgan fingerprint density at radius 1 is 0.667 bits per heavy atom. The van der Waals surface area contributed by atoms with Crippen LogP contribution in [-0.4, -0.2) is 12.1 Å². The molecule has 1 N–H and O–H groups in total. The molecule has 180 valence electrons. The zero-order valence-electron chi connectivity index (χ0n) is 20.9. The predicted molar refractivity (Wildman–Crippen MR) is 152 cm³/mol. The molecule has 0 aliphatic heterocycles. The zero-order chi connectivity index (χ0) is 25.0. The fraction of sp³-hybridized carbons (Fsp3) is 0.152. The highest BCUT2D eigenvalue weighted by Gasteiger charge is 2.40. The van der Waals surface area contributed by atoms with Crippen LogP contribution in [0.4, 0.5) is 0 Å². The van der Waals surface area contributed by atoms with Gasteiger partial charge in [0, 0.05) is 11.4 Å². The summed E-state index contributed by atoms with van der Waals surface area (Å²) in [6.45, 7) is 4.31. The van der Waals surface area contributed by atoms with Crippen LogP contribution < -0.4 is 4.74 Å². The lowest BCUT2D eigenvalue weighted by Gasteiger charge is -2.38. The normalized spacial score (nSPS) is 12.3. The standard InChI is InChI=1S/C33H31NOS/c1-24-23-31(25(2)34-24)32(26-19-21-30(35-3)22-20-26)36-33(27-13-7-4-8-14-27,28-15-9-5-10-16-28)29-17-11-6-12-18-29/h4-23,32,34H,1-3H3. The molecule has 0 aliphatic carbocycles. The molecule has 1 atom stereocenters. The van der Waals surface area contributed by atoms with E-state index in [9.17, 15) is 0 Å². The largest absolute Gasteiger partial charge is 0.497 e. The summed E-state index contributed by atoms with van der Waals surface area (Å²) in [6.07, 6.45) is 0. The second-order valence-corrected chi connectivity index (χ2v) is 10.4. The Balaban J connectivity index is 1.78. The third-order valence-electron chi connectivity index (χ3n) is 6.73. The summed E-state index contributed by atoms with van der Waals surface area (Å²) in [5.74, 6) is 0.866. The van der Waals surface area contributed by atoms with Gasteiger partial charge in [0.15, 0.2) is 0 Å². The molecule has 1 unspecified atom stereocenters. The van der Waals surface area contributed by atoms with E-state index in [1.54, 1.807) is 7.11 Å². The molecule has 0 spiro atoms. The van der Waals surface area contributed by atoms with Crippen molar-refractivity contribution in [2.45, 2.75) is 23.8 Å². The van der Waals surface area contributed by atoms with Crippen LogP contribution in [0.3, 0.4) is 0 Å². The Morgan fingerprint density at radius 3 is 1.53 bits per heavy atom. The molecule has 5 rings (SSSR count). The summed E-state index contributed by atoms with van der Waals surface area (Å²) in [5, 5.41) is 0.0847. The SMILES string of the molecule is COc1ccc(C(SC(c2ccccc2)(c2ccccc2)c2ccccc2)c2cc(C)[nH]c2C)cc1. The van der Waals surface area contributed by atoms with E-state index in [4.69, 9.17) is 4.74 Å². The Hall–Kier alpha value is -3.69. The molecule has 0 aliphatic rings. The number of aromatic nitrogens is 1. The molecular formula is C33H31NOS. The number of hydrogen-bond acceptors (Lipinski definition) is 2. The highest BCUT2D eigenvalue weighted by Crippen LogP contribution is 2.56. The molecule has 0 saturated carbocycles. The van der Waals surface area contributed by atoms with Gasteiger partial charge in [-0.25, -0.2) is 0 Å². The number of H-pyrrole nitrogens is 1. The molecule has 0 fully saturated rings. The molecule has 4 aromatic carbocycles. The summed E-state index contributed by atoms with van der Waals surface area (Å²) >= 11 is 1.98. The van der Waals surface area contributed by atoms with Gasteiger partial charge in [-0.2, -0.15) is 0 Å². The third-order valence-corrected chi connectivity index (χ3v) is 8.55. The maximum Gasteiger partial charge on any atom is 0.118 e. The van der Waals surface area contributed by atoms with Gasteiger partial charge < -0.3 is 9.72 Å². The smallest absolute Gasteiger partial charge is 0.118 e. The Morgan fingerprint density at radius 2 is 1.14 bits per heavy atom. The average molecular weight is 490 g/mol. The van der Waals surface area contributed by atoms with Gasteiger partial charge in [0.05, 0.1) is 17.1 Å². The van der Waals surface area contributed by atoms with Crippen LogP contribution in [-0.2, 0) is 4.75 Å². The summed E-state index contributed by atoms with van der Waals surface area (Å²) < 4.78 is 5.05. The van der Waals surface area contributed by atoms with Gasteiger partial charge in [-0.05, 0) is 59.9 Å². The van der Waals surface area contributed by atoms with E-state index in [2.05, 4.69) is 140 Å². The molecule has 0 radical (unpaired) electrons. The first-order chi connectivity index (χ1) is 17.6. The molecule has 2 nitrogen and oxygen atoms in total.